The van der Waals surface area contributed by atoms with Crippen molar-refractivity contribution in [2.45, 2.75) is 46.0 Å². The van der Waals surface area contributed by atoms with Crippen molar-refractivity contribution in [1.82, 2.24) is 29.9 Å². The molecule has 0 aliphatic rings. The number of aliphatic hydroxyl groups is 1. The minimum Gasteiger partial charge on any atom is -0.505 e. The van der Waals surface area contributed by atoms with Crippen LogP contribution in [-0.4, -0.2) is 117 Å². The van der Waals surface area contributed by atoms with Crippen molar-refractivity contribution in [3.05, 3.63) is 103 Å². The number of benzene rings is 6. The van der Waals surface area contributed by atoms with Crippen LogP contribution in [-0.2, 0) is 47.1 Å². The predicted octanol–water partition coefficient (Wildman–Crippen LogP) is 7.80. The number of fused-ring (bicyclic) bond motifs is 2. The fourth-order valence-electron chi connectivity index (χ4n) is 7.76. The van der Waals surface area contributed by atoms with Crippen LogP contribution in [0.25, 0.3) is 21.5 Å². The molecule has 0 radical (unpaired) electrons. The smallest absolute Gasteiger partial charge is 0.315 e. The fourth-order valence-corrected chi connectivity index (χ4v) is 10.4. The zero-order valence-corrected chi connectivity index (χ0v) is 45.1. The fraction of sp³-hybridized carbons (Fsp3) is 0.174. The van der Waals surface area contributed by atoms with Crippen LogP contribution in [0.5, 0.6) is 17.2 Å². The molecule has 30 nitrogen and oxygen atoms in total. The molecule has 36 heteroatoms. The van der Waals surface area contributed by atoms with Crippen LogP contribution in [0.2, 0.25) is 0 Å². The minimum atomic E-state index is -5.15. The Balaban J connectivity index is 0.886. The van der Waals surface area contributed by atoms with Gasteiger partial charge < -0.3 is 41.3 Å². The molecule has 2 aromatic heterocycles. The van der Waals surface area contributed by atoms with Crippen molar-refractivity contribution in [3.8, 4) is 17.2 Å². The number of aromatic nitrogens is 6. The predicted molar refractivity (Wildman–Crippen MR) is 286 cm³/mol. The molecule has 0 amide bonds. The lowest BCUT2D eigenvalue weighted by Crippen LogP contribution is -2.16. The van der Waals surface area contributed by atoms with E-state index in [2.05, 4.69) is 71.6 Å². The highest BCUT2D eigenvalue weighted by Gasteiger charge is 2.26. The normalized spacial score (nSPS) is 12.8. The van der Waals surface area contributed by atoms with Crippen molar-refractivity contribution in [1.29, 1.82) is 0 Å². The molecule has 0 spiro atoms. The standard InChI is InChI=1S/C46H42F2N14O16S4/c1-22(20-50-44-54-42(48)56-46(58-44)52-27-7-10-30-25(16-27)18-36(82(75,76)77)38(40(30)65)62-60-32-12-8-28(78-2)19-34(32)80(69,70)71)4-3-13-49-43-53-41(47)55-45(57-43)51-26-6-9-29-24(15-26)17-35(81(72,73)74)37(39(29)64)61-59-31-11-5-23(21-63)14-33(31)79(66,67)68/h5-12,14-19,22,63-65H,3-4,13,20-21H2,1-2H3,(H,66,67,68)(H,69,70,71)(H,72,73,74)(H,75,76,77)(H2,49,51,53,55,57)(H2,50,52,54,56,58)/b61-59+,62-60+. The van der Waals surface area contributed by atoms with E-state index in [0.29, 0.717) is 12.8 Å². The summed E-state index contributed by atoms with van der Waals surface area (Å²) >= 11 is 0. The lowest BCUT2D eigenvalue weighted by atomic mass is 10.1. The molecule has 430 valence electrons. The average Bonchev–Trinajstić information content (AvgIpc) is 3.60. The molecule has 11 N–H and O–H groups in total. The molecule has 8 aromatic rings. The minimum absolute atomic E-state index is 0.00395. The highest BCUT2D eigenvalue weighted by molar-refractivity contribution is 7.86. The maximum atomic E-state index is 14.7. The molecule has 0 bridgehead atoms. The number of anilines is 6. The van der Waals surface area contributed by atoms with Crippen LogP contribution >= 0.6 is 0 Å². The lowest BCUT2D eigenvalue weighted by Gasteiger charge is -2.14. The first-order chi connectivity index (χ1) is 38.6. The van der Waals surface area contributed by atoms with Gasteiger partial charge in [-0.25, -0.2) is 0 Å². The number of phenols is 2. The Labute approximate surface area is 462 Å². The van der Waals surface area contributed by atoms with Gasteiger partial charge in [0, 0.05) is 41.3 Å². The second kappa shape index (κ2) is 23.7. The van der Waals surface area contributed by atoms with Gasteiger partial charge in [-0.2, -0.15) is 72.4 Å². The molecule has 1 atom stereocenters. The van der Waals surface area contributed by atoms with Gasteiger partial charge in [-0.1, -0.05) is 13.0 Å². The summed E-state index contributed by atoms with van der Waals surface area (Å²) in [4.78, 5) is 19.5. The van der Waals surface area contributed by atoms with Gasteiger partial charge in [0.25, 0.3) is 40.5 Å². The van der Waals surface area contributed by atoms with Crippen LogP contribution in [0.4, 0.5) is 66.7 Å². The van der Waals surface area contributed by atoms with Gasteiger partial charge in [-0.3, -0.25) is 18.2 Å². The molecule has 0 aliphatic carbocycles. The number of methoxy groups -OCH3 is 1. The van der Waals surface area contributed by atoms with Gasteiger partial charge in [-0.15, -0.1) is 20.5 Å². The van der Waals surface area contributed by atoms with Crippen molar-refractivity contribution >= 4 is 120 Å². The van der Waals surface area contributed by atoms with E-state index in [4.69, 9.17) is 4.74 Å². The SMILES string of the molecule is COc1ccc(/N=N/c2c(S(=O)(=O)O)cc3cc(Nc4nc(F)nc(NCC(C)CCCNc5nc(F)nc(Nc6ccc7c(O)c(/N=N/c8ccc(CO)cc8S(=O)(=O)O)c(S(=O)(=O)O)cc7c6)n5)n4)ccc3c2O)c(S(=O)(=O)O)c1. The molecular weight excluding hydrogens is 1170 g/mol. The van der Waals surface area contributed by atoms with Crippen molar-refractivity contribution in [2.75, 3.05) is 41.5 Å². The van der Waals surface area contributed by atoms with Crippen LogP contribution in [0.15, 0.2) is 125 Å². The largest absolute Gasteiger partial charge is 0.505 e. The number of phenolic OH excluding ortho intramolecular Hbond substituents is 2. The van der Waals surface area contributed by atoms with E-state index >= 15 is 0 Å². The molecule has 8 rings (SSSR count). The molecule has 0 aliphatic heterocycles. The van der Waals surface area contributed by atoms with Crippen LogP contribution in [0.3, 0.4) is 0 Å². The molecule has 82 heavy (non-hydrogen) atoms. The summed E-state index contributed by atoms with van der Waals surface area (Å²) in [7, 11) is -18.9. The Morgan fingerprint density at radius 1 is 0.549 bits per heavy atom. The van der Waals surface area contributed by atoms with Crippen molar-refractivity contribution < 1.29 is 80.7 Å². The molecule has 0 saturated carbocycles. The summed E-state index contributed by atoms with van der Waals surface area (Å²) < 4.78 is 172. The molecular formula is C46H42F2N14O16S4. The maximum absolute atomic E-state index is 14.7. The number of aliphatic hydroxyl groups excluding tert-OH is 1. The highest BCUT2D eigenvalue weighted by atomic mass is 32.2. The summed E-state index contributed by atoms with van der Waals surface area (Å²) in [5.41, 5.74) is -2.18. The number of nitrogens with one attached hydrogen (secondary N) is 4. The number of nitrogens with zero attached hydrogens (tertiary/aromatic N) is 10. The Bertz CT molecular complexity index is 4380. The molecule has 1 unspecified atom stereocenters. The summed E-state index contributed by atoms with van der Waals surface area (Å²) in [5.74, 6) is -2.63. The van der Waals surface area contributed by atoms with Crippen LogP contribution in [0, 0.1) is 18.1 Å². The zero-order valence-electron chi connectivity index (χ0n) is 41.9. The number of azo groups is 2. The third-order valence-corrected chi connectivity index (χ3v) is 15.1. The van der Waals surface area contributed by atoms with E-state index in [1.165, 1.54) is 55.6 Å². The molecule has 2 heterocycles. The first-order valence-electron chi connectivity index (χ1n) is 23.2. The number of halogens is 2. The van der Waals surface area contributed by atoms with E-state index in [1.54, 1.807) is 0 Å². The highest BCUT2D eigenvalue weighted by Crippen LogP contribution is 2.45. The van der Waals surface area contributed by atoms with Crippen LogP contribution < -0.4 is 26.0 Å². The lowest BCUT2D eigenvalue weighted by molar-refractivity contribution is 0.281. The Morgan fingerprint density at radius 3 is 1.46 bits per heavy atom. The Kier molecular flexibility index (Phi) is 17.1. The van der Waals surface area contributed by atoms with E-state index in [0.717, 1.165) is 36.4 Å². The third-order valence-electron chi connectivity index (χ3n) is 11.6. The van der Waals surface area contributed by atoms with Gasteiger partial charge in [0.15, 0.2) is 11.5 Å². The van der Waals surface area contributed by atoms with Gasteiger partial charge >= 0.3 is 12.2 Å². The molecule has 6 aromatic carbocycles. The van der Waals surface area contributed by atoms with E-state index < -0.39 is 113 Å². The summed E-state index contributed by atoms with van der Waals surface area (Å²) in [6, 6.07) is 16.3. The zero-order chi connectivity index (χ0) is 59.5. The summed E-state index contributed by atoms with van der Waals surface area (Å²) in [5, 5.41) is 57.7. The maximum Gasteiger partial charge on any atom is 0.315 e. The average molecular weight is 1210 g/mol. The first kappa shape index (κ1) is 59.2. The second-order valence-electron chi connectivity index (χ2n) is 17.4. The number of hydrogen-bond donors (Lipinski definition) is 11. The van der Waals surface area contributed by atoms with Gasteiger partial charge in [-0.05, 0) is 108 Å². The van der Waals surface area contributed by atoms with Crippen molar-refractivity contribution in [3.63, 3.8) is 0 Å². The Hall–Kier alpha value is -8.88. The number of rotatable bonds is 22. The summed E-state index contributed by atoms with van der Waals surface area (Å²) in [6.07, 6.45) is -1.36. The van der Waals surface area contributed by atoms with Crippen molar-refractivity contribution in [2.24, 2.45) is 26.4 Å². The van der Waals surface area contributed by atoms with E-state index in [-0.39, 0.29) is 87.0 Å². The second-order valence-corrected chi connectivity index (χ2v) is 23.0. The third kappa shape index (κ3) is 14.2. The molecule has 0 saturated heterocycles. The van der Waals surface area contributed by atoms with Gasteiger partial charge in [0.1, 0.15) is 48.1 Å². The number of hydrogen-bond acceptors (Lipinski definition) is 26. The van der Waals surface area contributed by atoms with E-state index in [1.807, 2.05) is 6.92 Å². The Morgan fingerprint density at radius 2 is 1.00 bits per heavy atom. The topological polar surface area (TPSA) is 462 Å². The quantitative estimate of drug-likeness (QED) is 0.0175. The monoisotopic (exact) mass is 1210 g/mol. The van der Waals surface area contributed by atoms with Crippen LogP contribution in [0.1, 0.15) is 25.3 Å². The van der Waals surface area contributed by atoms with Gasteiger partial charge in [0.05, 0.1) is 13.7 Å². The number of ether oxygens (including phenoxy) is 1. The number of aromatic hydroxyl groups is 2. The summed E-state index contributed by atoms with van der Waals surface area (Å²) in [6.45, 7) is 1.71. The van der Waals surface area contributed by atoms with E-state index in [9.17, 15) is 76.0 Å². The first-order valence-corrected chi connectivity index (χ1v) is 28.9. The molecule has 0 fully saturated rings. The van der Waals surface area contributed by atoms with Gasteiger partial charge in [0.2, 0.25) is 23.8 Å².